The summed E-state index contributed by atoms with van der Waals surface area (Å²) in [6.07, 6.45) is 7.78. The fourth-order valence-corrected chi connectivity index (χ4v) is 4.22. The Balaban J connectivity index is 1.54. The maximum atomic E-state index is 12.5. The Bertz CT molecular complexity index is 626. The van der Waals surface area contributed by atoms with Crippen LogP contribution in [0.15, 0.2) is 18.3 Å². The molecule has 2 fully saturated rings. The highest BCUT2D eigenvalue weighted by atomic mass is 16.5. The first-order valence-electron chi connectivity index (χ1n) is 10.5. The summed E-state index contributed by atoms with van der Waals surface area (Å²) in [6, 6.07) is 3.65. The monoisotopic (exact) mass is 390 g/mol. The van der Waals surface area contributed by atoms with E-state index in [0.29, 0.717) is 19.0 Å². The Morgan fingerprint density at radius 1 is 1.25 bits per heavy atom. The number of carbonyl (C=O) groups is 1. The van der Waals surface area contributed by atoms with Gasteiger partial charge in [0.05, 0.1) is 19.3 Å². The number of morpholine rings is 1. The molecule has 1 saturated carbocycles. The van der Waals surface area contributed by atoms with Crippen molar-refractivity contribution in [2.45, 2.75) is 64.1 Å². The molecule has 2 heterocycles. The fraction of sp³-hybridized carbons (Fsp3) is 0.714. The predicted molar refractivity (Wildman–Crippen MR) is 108 cm³/mol. The van der Waals surface area contributed by atoms with E-state index in [1.807, 2.05) is 26.0 Å². The molecule has 0 radical (unpaired) electrons. The van der Waals surface area contributed by atoms with Crippen molar-refractivity contribution in [2.75, 3.05) is 32.8 Å². The minimum Gasteiger partial charge on any atom is -0.475 e. The highest BCUT2D eigenvalue weighted by Gasteiger charge is 2.38. The second-order valence-electron chi connectivity index (χ2n) is 8.05. The highest BCUT2D eigenvalue weighted by Crippen LogP contribution is 2.33. The number of ether oxygens (including phenoxy) is 2. The van der Waals surface area contributed by atoms with Gasteiger partial charge in [0.1, 0.15) is 0 Å². The van der Waals surface area contributed by atoms with E-state index in [4.69, 9.17) is 9.47 Å². The summed E-state index contributed by atoms with van der Waals surface area (Å²) in [5, 5.41) is 6.09. The van der Waals surface area contributed by atoms with Gasteiger partial charge in [-0.05, 0) is 32.8 Å². The fourth-order valence-electron chi connectivity index (χ4n) is 4.22. The Morgan fingerprint density at radius 2 is 2.00 bits per heavy atom. The van der Waals surface area contributed by atoms with Gasteiger partial charge in [-0.1, -0.05) is 25.3 Å². The molecule has 0 atom stereocenters. The molecule has 3 rings (SSSR count). The van der Waals surface area contributed by atoms with E-state index < -0.39 is 0 Å². The molecule has 1 aliphatic carbocycles. The average Bonchev–Trinajstić information content (AvgIpc) is 2.72. The summed E-state index contributed by atoms with van der Waals surface area (Å²) in [7, 11) is 0. The summed E-state index contributed by atoms with van der Waals surface area (Å²) in [5.41, 5.74) is 0.950. The largest absolute Gasteiger partial charge is 0.475 e. The number of nitrogens with one attached hydrogen (secondary N) is 2. The minimum atomic E-state index is -0.141. The number of urea groups is 1. The second kappa shape index (κ2) is 10.1. The van der Waals surface area contributed by atoms with E-state index >= 15 is 0 Å². The molecule has 7 nitrogen and oxygen atoms in total. The third-order valence-electron chi connectivity index (χ3n) is 5.68. The summed E-state index contributed by atoms with van der Waals surface area (Å²) < 4.78 is 11.3. The van der Waals surface area contributed by atoms with Crippen molar-refractivity contribution in [3.63, 3.8) is 0 Å². The number of nitrogens with zero attached hydrogens (tertiary/aromatic N) is 2. The van der Waals surface area contributed by atoms with Crippen LogP contribution in [0.5, 0.6) is 5.88 Å². The number of carbonyl (C=O) groups excluding carboxylic acids is 1. The van der Waals surface area contributed by atoms with Crippen LogP contribution >= 0.6 is 0 Å². The van der Waals surface area contributed by atoms with Crippen LogP contribution in [0.4, 0.5) is 4.79 Å². The summed E-state index contributed by atoms with van der Waals surface area (Å²) >= 11 is 0. The van der Waals surface area contributed by atoms with Crippen LogP contribution in [0.1, 0.15) is 51.5 Å². The van der Waals surface area contributed by atoms with Gasteiger partial charge < -0.3 is 20.1 Å². The molecule has 156 valence electrons. The van der Waals surface area contributed by atoms with E-state index in [9.17, 15) is 4.79 Å². The van der Waals surface area contributed by atoms with Crippen LogP contribution in [0, 0.1) is 0 Å². The van der Waals surface area contributed by atoms with E-state index in [1.54, 1.807) is 6.20 Å². The normalized spacial score (nSPS) is 20.0. The van der Waals surface area contributed by atoms with Gasteiger partial charge >= 0.3 is 6.03 Å². The van der Waals surface area contributed by atoms with Crippen molar-refractivity contribution >= 4 is 6.03 Å². The quantitative estimate of drug-likeness (QED) is 0.749. The summed E-state index contributed by atoms with van der Waals surface area (Å²) in [6.45, 7) is 8.49. The van der Waals surface area contributed by atoms with Gasteiger partial charge in [-0.15, -0.1) is 0 Å². The number of rotatable bonds is 7. The van der Waals surface area contributed by atoms with Gasteiger partial charge in [-0.3, -0.25) is 4.90 Å². The van der Waals surface area contributed by atoms with E-state index in [2.05, 4.69) is 20.5 Å². The van der Waals surface area contributed by atoms with Crippen molar-refractivity contribution in [2.24, 2.45) is 0 Å². The molecular formula is C21H34N4O3. The van der Waals surface area contributed by atoms with Crippen LogP contribution in [0.3, 0.4) is 0 Å². The Labute approximate surface area is 168 Å². The lowest BCUT2D eigenvalue weighted by Crippen LogP contribution is -2.60. The number of hydrogen-bond donors (Lipinski definition) is 2. The Kier molecular flexibility index (Phi) is 7.50. The Hall–Kier alpha value is -1.86. The number of amides is 2. The first kappa shape index (κ1) is 20.9. The number of pyridine rings is 1. The molecular weight excluding hydrogens is 356 g/mol. The van der Waals surface area contributed by atoms with Gasteiger partial charge in [-0.25, -0.2) is 9.78 Å². The van der Waals surface area contributed by atoms with Crippen molar-refractivity contribution in [3.05, 3.63) is 23.9 Å². The Morgan fingerprint density at radius 3 is 2.71 bits per heavy atom. The first-order valence-corrected chi connectivity index (χ1v) is 10.5. The molecule has 0 unspecified atom stereocenters. The SMILES string of the molecule is CC(C)Oc1ncccc1CNC(=O)NCC1(N2CCOCC2)CCCCC1. The maximum Gasteiger partial charge on any atom is 0.315 e. The molecule has 2 amide bonds. The van der Waals surface area contributed by atoms with E-state index in [0.717, 1.165) is 44.7 Å². The first-order chi connectivity index (χ1) is 13.6. The van der Waals surface area contributed by atoms with Crippen molar-refractivity contribution in [1.29, 1.82) is 0 Å². The number of aromatic nitrogens is 1. The topological polar surface area (TPSA) is 75.7 Å². The highest BCUT2D eigenvalue weighted by molar-refractivity contribution is 5.74. The molecule has 1 aromatic rings. The third-order valence-corrected chi connectivity index (χ3v) is 5.68. The van der Waals surface area contributed by atoms with Gasteiger partial charge in [-0.2, -0.15) is 0 Å². The second-order valence-corrected chi connectivity index (χ2v) is 8.05. The molecule has 1 aliphatic heterocycles. The smallest absolute Gasteiger partial charge is 0.315 e. The van der Waals surface area contributed by atoms with Crippen LogP contribution in [0.25, 0.3) is 0 Å². The predicted octanol–water partition coefficient (Wildman–Crippen LogP) is 2.70. The van der Waals surface area contributed by atoms with Crippen molar-refractivity contribution in [1.82, 2.24) is 20.5 Å². The van der Waals surface area contributed by atoms with Crippen molar-refractivity contribution in [3.8, 4) is 5.88 Å². The lowest BCUT2D eigenvalue weighted by atomic mass is 9.80. The van der Waals surface area contributed by atoms with Crippen LogP contribution in [0.2, 0.25) is 0 Å². The zero-order chi connectivity index (χ0) is 19.8. The summed E-state index contributed by atoms with van der Waals surface area (Å²) in [5.74, 6) is 0.579. The zero-order valence-electron chi connectivity index (χ0n) is 17.2. The molecule has 7 heteroatoms. The molecule has 0 aromatic carbocycles. The van der Waals surface area contributed by atoms with Gasteiger partial charge in [0, 0.05) is 43.5 Å². The van der Waals surface area contributed by atoms with Crippen LogP contribution in [-0.4, -0.2) is 60.4 Å². The summed E-state index contributed by atoms with van der Waals surface area (Å²) in [4.78, 5) is 19.3. The average molecular weight is 391 g/mol. The number of hydrogen-bond acceptors (Lipinski definition) is 5. The molecule has 2 N–H and O–H groups in total. The maximum absolute atomic E-state index is 12.5. The standard InChI is InChI=1S/C21H34N4O3/c1-17(2)28-19-18(7-6-10-22-19)15-23-20(26)24-16-21(8-4-3-5-9-21)25-11-13-27-14-12-25/h6-7,10,17H,3-5,8-9,11-16H2,1-2H3,(H2,23,24,26). The minimum absolute atomic E-state index is 0.0437. The van der Waals surface area contributed by atoms with E-state index in [1.165, 1.54) is 19.3 Å². The van der Waals surface area contributed by atoms with Gasteiger partial charge in [0.15, 0.2) is 0 Å². The third kappa shape index (κ3) is 5.58. The lowest BCUT2D eigenvalue weighted by molar-refractivity contribution is -0.0357. The molecule has 0 bridgehead atoms. The lowest BCUT2D eigenvalue weighted by Gasteiger charge is -2.48. The van der Waals surface area contributed by atoms with Gasteiger partial charge in [0.2, 0.25) is 5.88 Å². The molecule has 2 aliphatic rings. The molecule has 1 saturated heterocycles. The molecule has 28 heavy (non-hydrogen) atoms. The van der Waals surface area contributed by atoms with Crippen LogP contribution < -0.4 is 15.4 Å². The molecule has 1 aromatic heterocycles. The molecule has 0 spiro atoms. The zero-order valence-corrected chi connectivity index (χ0v) is 17.2. The van der Waals surface area contributed by atoms with E-state index in [-0.39, 0.29) is 17.7 Å². The van der Waals surface area contributed by atoms with Crippen LogP contribution in [-0.2, 0) is 11.3 Å². The van der Waals surface area contributed by atoms with Crippen molar-refractivity contribution < 1.29 is 14.3 Å². The van der Waals surface area contributed by atoms with Gasteiger partial charge in [0.25, 0.3) is 0 Å².